The molecule has 1 aliphatic heterocycles. The van der Waals surface area contributed by atoms with Gasteiger partial charge in [0, 0.05) is 18.7 Å². The van der Waals surface area contributed by atoms with Crippen LogP contribution >= 0.6 is 11.3 Å². The summed E-state index contributed by atoms with van der Waals surface area (Å²) in [6, 6.07) is 10.6. The summed E-state index contributed by atoms with van der Waals surface area (Å²) in [6.07, 6.45) is 2.34. The molecule has 3 heterocycles. The zero-order valence-electron chi connectivity index (χ0n) is 13.9. The van der Waals surface area contributed by atoms with Crippen molar-refractivity contribution in [2.75, 3.05) is 6.54 Å². The summed E-state index contributed by atoms with van der Waals surface area (Å²) < 4.78 is 1.40. The van der Waals surface area contributed by atoms with Crippen molar-refractivity contribution in [2.24, 2.45) is 0 Å². The van der Waals surface area contributed by atoms with E-state index in [0.717, 1.165) is 23.7 Å². The van der Waals surface area contributed by atoms with Gasteiger partial charge in [-0.3, -0.25) is 9.69 Å². The van der Waals surface area contributed by atoms with Gasteiger partial charge < -0.3 is 0 Å². The first-order valence-corrected chi connectivity index (χ1v) is 9.09. The van der Waals surface area contributed by atoms with Crippen LogP contribution in [0.25, 0.3) is 4.96 Å². The number of likely N-dealkylation sites (tertiary alicyclic amines) is 1. The topological polar surface area (TPSA) is 50.5 Å². The molecule has 4 rings (SSSR count). The molecule has 6 heteroatoms. The number of hydrogen-bond acceptors (Lipinski definition) is 5. The second-order valence-corrected chi connectivity index (χ2v) is 7.55. The molecule has 0 bridgehead atoms. The Labute approximate surface area is 144 Å². The molecule has 1 atom stereocenters. The van der Waals surface area contributed by atoms with Gasteiger partial charge in [-0.25, -0.2) is 4.98 Å². The first kappa shape index (κ1) is 15.5. The van der Waals surface area contributed by atoms with Crippen LogP contribution in [-0.2, 0) is 6.54 Å². The van der Waals surface area contributed by atoms with Crippen molar-refractivity contribution in [3.8, 4) is 0 Å². The van der Waals surface area contributed by atoms with Crippen LogP contribution in [0, 0.1) is 13.8 Å². The van der Waals surface area contributed by atoms with Gasteiger partial charge in [-0.2, -0.15) is 9.61 Å². The number of aryl methyl sites for hydroxylation is 2. The van der Waals surface area contributed by atoms with Gasteiger partial charge in [0.05, 0.1) is 5.69 Å². The largest absolute Gasteiger partial charge is 0.290 e. The van der Waals surface area contributed by atoms with E-state index < -0.39 is 0 Å². The summed E-state index contributed by atoms with van der Waals surface area (Å²) in [4.78, 5) is 20.0. The number of rotatable bonds is 3. The normalized spacial score (nSPS) is 18.5. The predicted molar refractivity (Wildman–Crippen MR) is 95.4 cm³/mol. The number of benzene rings is 1. The van der Waals surface area contributed by atoms with E-state index >= 15 is 0 Å². The Morgan fingerprint density at radius 3 is 2.96 bits per heavy atom. The Bertz CT molecular complexity index is 946. The van der Waals surface area contributed by atoms with Crippen LogP contribution in [0.5, 0.6) is 0 Å². The highest BCUT2D eigenvalue weighted by Crippen LogP contribution is 2.34. The highest BCUT2D eigenvalue weighted by Gasteiger charge is 2.27. The smallest absolute Gasteiger partial charge is 0.275 e. The first-order valence-electron chi connectivity index (χ1n) is 8.28. The van der Waals surface area contributed by atoms with Crippen molar-refractivity contribution in [3.05, 3.63) is 62.5 Å². The lowest BCUT2D eigenvalue weighted by molar-refractivity contribution is 0.245. The van der Waals surface area contributed by atoms with Gasteiger partial charge in [0.25, 0.3) is 5.56 Å². The third kappa shape index (κ3) is 2.76. The van der Waals surface area contributed by atoms with Crippen LogP contribution in [0.15, 0.2) is 35.1 Å². The summed E-state index contributed by atoms with van der Waals surface area (Å²) in [5, 5.41) is 5.06. The van der Waals surface area contributed by atoms with Crippen LogP contribution in [-0.4, -0.2) is 26.0 Å². The maximum atomic E-state index is 12.2. The quantitative estimate of drug-likeness (QED) is 0.735. The Kier molecular flexibility index (Phi) is 3.94. The molecule has 1 saturated heterocycles. The SMILES string of the molecule is Cc1nn2c(=O)cc(CN3CCCC3c3ccccc3C)nc2s1. The zero-order chi connectivity index (χ0) is 16.7. The van der Waals surface area contributed by atoms with E-state index in [2.05, 4.69) is 46.2 Å². The van der Waals surface area contributed by atoms with Crippen molar-refractivity contribution >= 4 is 16.3 Å². The van der Waals surface area contributed by atoms with Crippen molar-refractivity contribution in [1.82, 2.24) is 19.5 Å². The molecule has 0 radical (unpaired) electrons. The fourth-order valence-corrected chi connectivity index (χ4v) is 4.34. The van der Waals surface area contributed by atoms with E-state index in [4.69, 9.17) is 0 Å². The molecule has 1 fully saturated rings. The lowest BCUT2D eigenvalue weighted by atomic mass is 9.99. The van der Waals surface area contributed by atoms with Gasteiger partial charge in [-0.05, 0) is 44.4 Å². The standard InChI is InChI=1S/C18H20N4OS/c1-12-6-3-4-7-15(12)16-8-5-9-21(16)11-14-10-17(23)22-18(19-14)24-13(2)20-22/h3-4,6-7,10,16H,5,8-9,11H2,1-2H3. The maximum Gasteiger partial charge on any atom is 0.275 e. The summed E-state index contributed by atoms with van der Waals surface area (Å²) in [7, 11) is 0. The molecule has 3 aromatic rings. The Hall–Kier alpha value is -2.05. The van der Waals surface area contributed by atoms with E-state index in [0.29, 0.717) is 17.5 Å². The zero-order valence-corrected chi connectivity index (χ0v) is 14.7. The molecule has 1 aromatic carbocycles. The lowest BCUT2D eigenvalue weighted by Gasteiger charge is -2.25. The Balaban J connectivity index is 1.65. The molecule has 0 N–H and O–H groups in total. The van der Waals surface area contributed by atoms with Gasteiger partial charge in [0.15, 0.2) is 0 Å². The van der Waals surface area contributed by atoms with Crippen molar-refractivity contribution < 1.29 is 0 Å². The molecule has 1 unspecified atom stereocenters. The third-order valence-corrected chi connectivity index (χ3v) is 5.50. The van der Waals surface area contributed by atoms with E-state index in [1.807, 2.05) is 6.92 Å². The number of hydrogen-bond donors (Lipinski definition) is 0. The van der Waals surface area contributed by atoms with Crippen LogP contribution in [0.1, 0.15) is 40.7 Å². The number of aromatic nitrogens is 3. The molecule has 0 aliphatic carbocycles. The van der Waals surface area contributed by atoms with Gasteiger partial charge in [0.2, 0.25) is 4.96 Å². The molecule has 124 valence electrons. The Morgan fingerprint density at radius 1 is 1.29 bits per heavy atom. The summed E-state index contributed by atoms with van der Waals surface area (Å²) in [5.41, 5.74) is 3.47. The van der Waals surface area contributed by atoms with Crippen LogP contribution in [0.4, 0.5) is 0 Å². The minimum atomic E-state index is -0.0917. The minimum Gasteiger partial charge on any atom is -0.290 e. The van der Waals surface area contributed by atoms with Gasteiger partial charge in [0.1, 0.15) is 5.01 Å². The molecular formula is C18H20N4OS. The van der Waals surface area contributed by atoms with Crippen LogP contribution in [0.2, 0.25) is 0 Å². The molecule has 24 heavy (non-hydrogen) atoms. The highest BCUT2D eigenvalue weighted by atomic mass is 32.1. The third-order valence-electron chi connectivity index (χ3n) is 4.68. The molecule has 1 aliphatic rings. The summed E-state index contributed by atoms with van der Waals surface area (Å²) in [6.45, 7) is 5.82. The van der Waals surface area contributed by atoms with Crippen LogP contribution in [0.3, 0.4) is 0 Å². The van der Waals surface area contributed by atoms with E-state index in [9.17, 15) is 4.79 Å². The van der Waals surface area contributed by atoms with Gasteiger partial charge in [-0.15, -0.1) is 0 Å². The fourth-order valence-electron chi connectivity index (χ4n) is 3.57. The highest BCUT2D eigenvalue weighted by molar-refractivity contribution is 7.16. The summed E-state index contributed by atoms with van der Waals surface area (Å²) in [5.74, 6) is 0. The second-order valence-electron chi connectivity index (χ2n) is 6.39. The monoisotopic (exact) mass is 340 g/mol. The predicted octanol–water partition coefficient (Wildman–Crippen LogP) is 3.10. The van der Waals surface area contributed by atoms with E-state index in [1.165, 1.54) is 33.4 Å². The second kappa shape index (κ2) is 6.11. The molecule has 2 aromatic heterocycles. The van der Waals surface area contributed by atoms with Gasteiger partial charge >= 0.3 is 0 Å². The molecule has 0 spiro atoms. The molecule has 0 amide bonds. The van der Waals surface area contributed by atoms with E-state index in [1.54, 1.807) is 6.07 Å². The average molecular weight is 340 g/mol. The average Bonchev–Trinajstić information content (AvgIpc) is 3.14. The Morgan fingerprint density at radius 2 is 2.12 bits per heavy atom. The van der Waals surface area contributed by atoms with E-state index in [-0.39, 0.29) is 5.56 Å². The van der Waals surface area contributed by atoms with Crippen molar-refractivity contribution in [1.29, 1.82) is 0 Å². The number of fused-ring (bicyclic) bond motifs is 1. The maximum absolute atomic E-state index is 12.2. The first-order chi connectivity index (χ1) is 11.6. The summed E-state index contributed by atoms with van der Waals surface area (Å²) >= 11 is 1.46. The molecular weight excluding hydrogens is 320 g/mol. The van der Waals surface area contributed by atoms with Crippen molar-refractivity contribution in [2.45, 2.75) is 39.3 Å². The van der Waals surface area contributed by atoms with Crippen LogP contribution < -0.4 is 5.56 Å². The van der Waals surface area contributed by atoms with Crippen molar-refractivity contribution in [3.63, 3.8) is 0 Å². The fraction of sp³-hybridized carbons (Fsp3) is 0.389. The minimum absolute atomic E-state index is 0.0917. The molecule has 5 nitrogen and oxygen atoms in total. The lowest BCUT2D eigenvalue weighted by Crippen LogP contribution is -2.25. The molecule has 0 saturated carbocycles. The van der Waals surface area contributed by atoms with Gasteiger partial charge in [-0.1, -0.05) is 35.6 Å². The number of nitrogens with zero attached hydrogens (tertiary/aromatic N) is 4.